The number of nitrogens with zero attached hydrogens (tertiary/aromatic N) is 1. The first-order chi connectivity index (χ1) is 18.1. The van der Waals surface area contributed by atoms with E-state index in [1.165, 1.54) is 23.5 Å². The van der Waals surface area contributed by atoms with E-state index in [9.17, 15) is 13.2 Å². The van der Waals surface area contributed by atoms with E-state index in [1.54, 1.807) is 43.5 Å². The molecule has 1 heterocycles. The number of nitrogens with one attached hydrogen (secondary N) is 1. The second-order valence-corrected chi connectivity index (χ2v) is 11.5. The zero-order valence-corrected chi connectivity index (χ0v) is 23.3. The Hall–Kier alpha value is -3.72. The molecule has 1 aliphatic heterocycles. The zero-order valence-electron chi connectivity index (χ0n) is 22.5. The highest BCUT2D eigenvalue weighted by Gasteiger charge is 2.38. The van der Waals surface area contributed by atoms with Crippen molar-refractivity contribution in [3.63, 3.8) is 0 Å². The molecule has 3 aromatic rings. The van der Waals surface area contributed by atoms with Crippen molar-refractivity contribution in [1.29, 1.82) is 0 Å². The van der Waals surface area contributed by atoms with Crippen LogP contribution in [-0.4, -0.2) is 41.2 Å². The number of para-hydroxylation sites is 2. The van der Waals surface area contributed by atoms with E-state index in [0.717, 1.165) is 22.4 Å². The Morgan fingerprint density at radius 3 is 2.32 bits per heavy atom. The number of amides is 1. The molecule has 0 saturated carbocycles. The van der Waals surface area contributed by atoms with E-state index >= 15 is 0 Å². The standard InChI is InChI=1S/C29H34N2O6S/c1-18(2)23-16-24(19(3)15-27(23)36-6)20(4)30-29(32)28-17-31(25-9-7-8-10-26(25)37-28)38(33,34)22-13-11-21(35-5)12-14-22/h7-16,18,20,28H,17H2,1-6H3,(H,30,32). The predicted molar refractivity (Wildman–Crippen MR) is 147 cm³/mol. The van der Waals surface area contributed by atoms with E-state index < -0.39 is 22.0 Å². The number of carbonyl (C=O) groups is 1. The largest absolute Gasteiger partial charge is 0.497 e. The number of sulfonamides is 1. The lowest BCUT2D eigenvalue weighted by Gasteiger charge is -2.35. The Kier molecular flexibility index (Phi) is 7.87. The van der Waals surface area contributed by atoms with Gasteiger partial charge in [0.15, 0.2) is 6.10 Å². The molecule has 202 valence electrons. The average Bonchev–Trinajstić information content (AvgIpc) is 2.91. The summed E-state index contributed by atoms with van der Waals surface area (Å²) >= 11 is 0. The van der Waals surface area contributed by atoms with Gasteiger partial charge < -0.3 is 19.5 Å². The summed E-state index contributed by atoms with van der Waals surface area (Å²) in [6.45, 7) is 7.89. The number of fused-ring (bicyclic) bond motifs is 1. The Morgan fingerprint density at radius 1 is 1.00 bits per heavy atom. The minimum atomic E-state index is -3.97. The third-order valence-corrected chi connectivity index (χ3v) is 8.53. The number of aryl methyl sites for hydroxylation is 1. The van der Waals surface area contributed by atoms with E-state index in [0.29, 0.717) is 17.2 Å². The van der Waals surface area contributed by atoms with Crippen molar-refractivity contribution in [2.24, 2.45) is 0 Å². The van der Waals surface area contributed by atoms with Crippen molar-refractivity contribution in [2.75, 3.05) is 25.1 Å². The Bertz CT molecular complexity index is 1420. The molecular formula is C29H34N2O6S. The summed E-state index contributed by atoms with van der Waals surface area (Å²) in [5.74, 6) is 1.52. The lowest BCUT2D eigenvalue weighted by Crippen LogP contribution is -2.51. The van der Waals surface area contributed by atoms with Crippen molar-refractivity contribution in [1.82, 2.24) is 5.32 Å². The Morgan fingerprint density at radius 2 is 1.68 bits per heavy atom. The molecule has 4 rings (SSSR count). The molecule has 1 aliphatic rings. The highest BCUT2D eigenvalue weighted by molar-refractivity contribution is 7.92. The molecular weight excluding hydrogens is 504 g/mol. The van der Waals surface area contributed by atoms with Crippen LogP contribution in [0.15, 0.2) is 65.6 Å². The van der Waals surface area contributed by atoms with E-state index in [1.807, 2.05) is 19.9 Å². The Balaban J connectivity index is 1.61. The first kappa shape index (κ1) is 27.3. The van der Waals surface area contributed by atoms with Crippen molar-refractivity contribution in [3.05, 3.63) is 77.4 Å². The van der Waals surface area contributed by atoms with Gasteiger partial charge in [0.1, 0.15) is 17.2 Å². The molecule has 2 unspecified atom stereocenters. The number of anilines is 1. The van der Waals surface area contributed by atoms with Gasteiger partial charge in [-0.1, -0.05) is 26.0 Å². The van der Waals surface area contributed by atoms with Crippen LogP contribution in [-0.2, 0) is 14.8 Å². The van der Waals surface area contributed by atoms with Gasteiger partial charge in [0.2, 0.25) is 0 Å². The molecule has 0 saturated heterocycles. The summed E-state index contributed by atoms with van der Waals surface area (Å²) in [6, 6.07) is 16.7. The summed E-state index contributed by atoms with van der Waals surface area (Å²) in [5.41, 5.74) is 3.38. The number of hydrogen-bond donors (Lipinski definition) is 1. The van der Waals surface area contributed by atoms with Gasteiger partial charge >= 0.3 is 0 Å². The maximum absolute atomic E-state index is 13.7. The van der Waals surface area contributed by atoms with Crippen molar-refractivity contribution in [3.8, 4) is 17.2 Å². The average molecular weight is 539 g/mol. The van der Waals surface area contributed by atoms with Crippen molar-refractivity contribution in [2.45, 2.75) is 50.7 Å². The highest BCUT2D eigenvalue weighted by atomic mass is 32.2. The van der Waals surface area contributed by atoms with Crippen LogP contribution < -0.4 is 23.8 Å². The lowest BCUT2D eigenvalue weighted by molar-refractivity contribution is -0.128. The molecule has 9 heteroatoms. The maximum atomic E-state index is 13.7. The quantitative estimate of drug-likeness (QED) is 0.435. The maximum Gasteiger partial charge on any atom is 0.264 e. The summed E-state index contributed by atoms with van der Waals surface area (Å²) in [7, 11) is -0.808. The highest BCUT2D eigenvalue weighted by Crippen LogP contribution is 2.37. The predicted octanol–water partition coefficient (Wildman–Crippen LogP) is 4.97. The molecule has 0 bridgehead atoms. The van der Waals surface area contributed by atoms with Crippen LogP contribution in [0.2, 0.25) is 0 Å². The minimum Gasteiger partial charge on any atom is -0.497 e. The van der Waals surface area contributed by atoms with Crippen LogP contribution >= 0.6 is 0 Å². The molecule has 1 N–H and O–H groups in total. The fourth-order valence-corrected chi connectivity index (χ4v) is 6.11. The second kappa shape index (κ2) is 10.9. The topological polar surface area (TPSA) is 94.2 Å². The van der Waals surface area contributed by atoms with Gasteiger partial charge in [-0.05, 0) is 85.0 Å². The third-order valence-electron chi connectivity index (χ3n) is 6.74. The second-order valence-electron chi connectivity index (χ2n) is 9.62. The molecule has 1 amide bonds. The normalized spacial score (nSPS) is 15.9. The van der Waals surface area contributed by atoms with E-state index in [4.69, 9.17) is 14.2 Å². The molecule has 0 aromatic heterocycles. The summed E-state index contributed by atoms with van der Waals surface area (Å²) in [5, 5.41) is 3.03. The summed E-state index contributed by atoms with van der Waals surface area (Å²) < 4.78 is 45.2. The van der Waals surface area contributed by atoms with Crippen molar-refractivity contribution < 1.29 is 27.4 Å². The van der Waals surface area contributed by atoms with Crippen LogP contribution in [0.4, 0.5) is 5.69 Å². The Labute approximate surface area is 224 Å². The monoisotopic (exact) mass is 538 g/mol. The van der Waals surface area contributed by atoms with Gasteiger partial charge in [-0.15, -0.1) is 0 Å². The molecule has 0 spiro atoms. The van der Waals surface area contributed by atoms with E-state index in [2.05, 4.69) is 25.2 Å². The number of rotatable bonds is 8. The SMILES string of the molecule is COc1ccc(S(=O)(=O)N2CC(C(=O)NC(C)c3cc(C(C)C)c(OC)cc3C)Oc3ccccc32)cc1. The minimum absolute atomic E-state index is 0.0950. The van der Waals surface area contributed by atoms with Crippen LogP contribution in [0.5, 0.6) is 17.2 Å². The van der Waals surface area contributed by atoms with Crippen LogP contribution in [0.25, 0.3) is 0 Å². The number of benzene rings is 3. The van der Waals surface area contributed by atoms with Crippen LogP contribution in [0.3, 0.4) is 0 Å². The van der Waals surface area contributed by atoms with Crippen molar-refractivity contribution >= 4 is 21.6 Å². The van der Waals surface area contributed by atoms with Gasteiger partial charge in [-0.3, -0.25) is 9.10 Å². The van der Waals surface area contributed by atoms with Gasteiger partial charge in [0.05, 0.1) is 37.4 Å². The van der Waals surface area contributed by atoms with Gasteiger partial charge in [-0.25, -0.2) is 8.42 Å². The van der Waals surface area contributed by atoms with Crippen LogP contribution in [0, 0.1) is 6.92 Å². The molecule has 38 heavy (non-hydrogen) atoms. The fraction of sp³-hybridized carbons (Fsp3) is 0.345. The number of carbonyl (C=O) groups excluding carboxylic acids is 1. The third kappa shape index (κ3) is 5.29. The first-order valence-corrected chi connectivity index (χ1v) is 13.9. The molecule has 2 atom stereocenters. The van der Waals surface area contributed by atoms with Crippen LogP contribution in [0.1, 0.15) is 49.4 Å². The molecule has 0 radical (unpaired) electrons. The zero-order chi connectivity index (χ0) is 27.6. The van der Waals surface area contributed by atoms with Gasteiger partial charge in [-0.2, -0.15) is 0 Å². The molecule has 0 fully saturated rings. The number of ether oxygens (including phenoxy) is 3. The first-order valence-electron chi connectivity index (χ1n) is 12.5. The molecule has 3 aromatic carbocycles. The molecule has 0 aliphatic carbocycles. The van der Waals surface area contributed by atoms with Gasteiger partial charge in [0.25, 0.3) is 15.9 Å². The summed E-state index contributed by atoms with van der Waals surface area (Å²) in [4.78, 5) is 13.5. The smallest absolute Gasteiger partial charge is 0.264 e. The van der Waals surface area contributed by atoms with Gasteiger partial charge in [0, 0.05) is 0 Å². The number of methoxy groups -OCH3 is 2. The summed E-state index contributed by atoms with van der Waals surface area (Å²) in [6.07, 6.45) is -1.04. The lowest BCUT2D eigenvalue weighted by atomic mass is 9.93. The fourth-order valence-electron chi connectivity index (χ4n) is 4.64. The molecule has 8 nitrogen and oxygen atoms in total. The van der Waals surface area contributed by atoms with E-state index in [-0.39, 0.29) is 23.4 Å². The number of hydrogen-bond acceptors (Lipinski definition) is 6.